The van der Waals surface area contributed by atoms with E-state index in [1.807, 2.05) is 0 Å². The van der Waals surface area contributed by atoms with E-state index in [1.165, 1.54) is 7.11 Å². The maximum Gasteiger partial charge on any atom is 0.137 e. The number of ether oxygens (including phenoxy) is 1. The Bertz CT molecular complexity index is 666. The van der Waals surface area contributed by atoms with Crippen molar-refractivity contribution in [3.63, 3.8) is 0 Å². The van der Waals surface area contributed by atoms with Crippen molar-refractivity contribution in [3.8, 4) is 5.75 Å². The Kier molecular flexibility index (Phi) is 5.19. The summed E-state index contributed by atoms with van der Waals surface area (Å²) in [5.41, 5.74) is 0.812. The molecule has 112 valence electrons. The second-order valence-electron chi connectivity index (χ2n) is 4.40. The van der Waals surface area contributed by atoms with Gasteiger partial charge in [0.1, 0.15) is 17.4 Å². The van der Waals surface area contributed by atoms with Crippen molar-refractivity contribution < 1.29 is 13.5 Å². The van der Waals surface area contributed by atoms with Gasteiger partial charge in [-0.15, -0.1) is 0 Å². The first-order valence-corrected chi connectivity index (χ1v) is 7.30. The molecule has 2 nitrogen and oxygen atoms in total. The van der Waals surface area contributed by atoms with Crippen molar-refractivity contribution in [2.45, 2.75) is 6.04 Å². The highest BCUT2D eigenvalue weighted by Crippen LogP contribution is 2.34. The van der Waals surface area contributed by atoms with Crippen molar-refractivity contribution in [2.24, 2.45) is 0 Å². The maximum absolute atomic E-state index is 14.2. The Morgan fingerprint density at radius 2 is 1.86 bits per heavy atom. The zero-order valence-electron chi connectivity index (χ0n) is 11.4. The molecule has 6 heteroatoms. The summed E-state index contributed by atoms with van der Waals surface area (Å²) in [7, 11) is 3.17. The van der Waals surface area contributed by atoms with Crippen LogP contribution in [0.4, 0.5) is 8.78 Å². The first-order chi connectivity index (χ1) is 9.97. The van der Waals surface area contributed by atoms with Gasteiger partial charge in [0.25, 0.3) is 0 Å². The van der Waals surface area contributed by atoms with E-state index in [1.54, 1.807) is 25.2 Å². The quantitative estimate of drug-likeness (QED) is 0.781. The Hall–Kier alpha value is -1.17. The van der Waals surface area contributed by atoms with Crippen molar-refractivity contribution in [1.29, 1.82) is 0 Å². The molecule has 0 saturated heterocycles. The van der Waals surface area contributed by atoms with Crippen LogP contribution < -0.4 is 10.1 Å². The molecule has 0 saturated carbocycles. The van der Waals surface area contributed by atoms with Gasteiger partial charge in [0.2, 0.25) is 0 Å². The van der Waals surface area contributed by atoms with Crippen LogP contribution in [-0.4, -0.2) is 14.2 Å². The molecule has 0 aliphatic rings. The number of hydrogen-bond donors (Lipinski definition) is 1. The number of nitrogens with one attached hydrogen (secondary N) is 1. The van der Waals surface area contributed by atoms with Crippen LogP contribution >= 0.6 is 27.5 Å². The van der Waals surface area contributed by atoms with E-state index >= 15 is 0 Å². The van der Waals surface area contributed by atoms with Crippen molar-refractivity contribution in [1.82, 2.24) is 5.32 Å². The Morgan fingerprint density at radius 1 is 1.14 bits per heavy atom. The monoisotopic (exact) mass is 375 g/mol. The minimum Gasteiger partial charge on any atom is -0.496 e. The summed E-state index contributed by atoms with van der Waals surface area (Å²) in [6, 6.07) is 6.71. The third-order valence-corrected chi connectivity index (χ3v) is 3.98. The molecule has 0 aromatic heterocycles. The predicted molar refractivity (Wildman–Crippen MR) is 83.0 cm³/mol. The molecule has 2 aromatic rings. The molecular weight excluding hydrogens is 364 g/mol. The number of hydrogen-bond acceptors (Lipinski definition) is 2. The first kappa shape index (κ1) is 16.2. The average molecular weight is 377 g/mol. The summed E-state index contributed by atoms with van der Waals surface area (Å²) in [6.07, 6.45) is 0. The lowest BCUT2D eigenvalue weighted by atomic mass is 9.97. The second-order valence-corrected chi connectivity index (χ2v) is 5.69. The molecule has 2 aromatic carbocycles. The molecule has 1 unspecified atom stereocenters. The average Bonchev–Trinajstić information content (AvgIpc) is 2.45. The fourth-order valence-electron chi connectivity index (χ4n) is 2.17. The number of rotatable bonds is 4. The van der Waals surface area contributed by atoms with Gasteiger partial charge >= 0.3 is 0 Å². The lowest BCUT2D eigenvalue weighted by molar-refractivity contribution is 0.404. The van der Waals surface area contributed by atoms with Crippen molar-refractivity contribution >= 4 is 27.5 Å². The Balaban J connectivity index is 2.59. The normalized spacial score (nSPS) is 12.3. The van der Waals surface area contributed by atoms with Crippen LogP contribution in [0.15, 0.2) is 34.8 Å². The van der Waals surface area contributed by atoms with Gasteiger partial charge in [-0.05, 0) is 53.3 Å². The van der Waals surface area contributed by atoms with Gasteiger partial charge in [0.15, 0.2) is 0 Å². The smallest absolute Gasteiger partial charge is 0.137 e. The summed E-state index contributed by atoms with van der Waals surface area (Å²) in [6.45, 7) is 0. The van der Waals surface area contributed by atoms with E-state index < -0.39 is 17.7 Å². The lowest BCUT2D eigenvalue weighted by Gasteiger charge is -2.21. The van der Waals surface area contributed by atoms with Gasteiger partial charge < -0.3 is 10.1 Å². The molecule has 0 heterocycles. The van der Waals surface area contributed by atoms with Crippen LogP contribution in [0.25, 0.3) is 0 Å². The largest absolute Gasteiger partial charge is 0.496 e. The predicted octanol–water partition coefficient (Wildman–Crippen LogP) is 4.70. The molecular formula is C15H13BrClF2NO. The van der Waals surface area contributed by atoms with E-state index in [9.17, 15) is 8.78 Å². The SMILES string of the molecule is CNC(c1cc(F)c(Br)cc1F)c1cc(Cl)ccc1OC. The van der Waals surface area contributed by atoms with Crippen LogP contribution in [0.5, 0.6) is 5.75 Å². The highest BCUT2D eigenvalue weighted by Gasteiger charge is 2.22. The highest BCUT2D eigenvalue weighted by molar-refractivity contribution is 9.10. The molecule has 0 amide bonds. The minimum absolute atomic E-state index is 0.0802. The van der Waals surface area contributed by atoms with Gasteiger partial charge in [-0.2, -0.15) is 0 Å². The summed E-state index contributed by atoms with van der Waals surface area (Å²) in [5, 5.41) is 3.45. The molecule has 0 spiro atoms. The van der Waals surface area contributed by atoms with E-state index in [0.29, 0.717) is 16.3 Å². The van der Waals surface area contributed by atoms with E-state index in [2.05, 4.69) is 21.2 Å². The molecule has 0 bridgehead atoms. The standard InChI is InChI=1S/C15H13BrClF2NO/c1-20-15(9-6-13(19)11(16)7-12(9)18)10-5-8(17)3-4-14(10)21-2/h3-7,15,20H,1-2H3. The molecule has 21 heavy (non-hydrogen) atoms. The fraction of sp³-hybridized carbons (Fsp3) is 0.200. The third kappa shape index (κ3) is 3.36. The van der Waals surface area contributed by atoms with Gasteiger partial charge in [-0.3, -0.25) is 0 Å². The van der Waals surface area contributed by atoms with Gasteiger partial charge in [-0.25, -0.2) is 8.78 Å². The summed E-state index contributed by atoms with van der Waals surface area (Å²) in [5.74, 6) is -0.515. The topological polar surface area (TPSA) is 21.3 Å². The second kappa shape index (κ2) is 6.73. The van der Waals surface area contributed by atoms with Crippen LogP contribution in [0.2, 0.25) is 5.02 Å². The van der Waals surface area contributed by atoms with E-state index in [0.717, 1.165) is 12.1 Å². The van der Waals surface area contributed by atoms with Crippen molar-refractivity contribution in [2.75, 3.05) is 14.2 Å². The zero-order valence-corrected chi connectivity index (χ0v) is 13.7. The Labute approximate surface area is 135 Å². The third-order valence-electron chi connectivity index (χ3n) is 3.14. The lowest BCUT2D eigenvalue weighted by Crippen LogP contribution is -2.20. The van der Waals surface area contributed by atoms with Gasteiger partial charge in [0, 0.05) is 16.1 Å². The number of halogens is 4. The van der Waals surface area contributed by atoms with Gasteiger partial charge in [0.05, 0.1) is 17.6 Å². The molecule has 0 aliphatic carbocycles. The minimum atomic E-state index is -0.582. The summed E-state index contributed by atoms with van der Waals surface area (Å²) < 4.78 is 33.3. The van der Waals surface area contributed by atoms with E-state index in [4.69, 9.17) is 16.3 Å². The fourth-order valence-corrected chi connectivity index (χ4v) is 2.66. The molecule has 1 atom stereocenters. The molecule has 0 radical (unpaired) electrons. The Morgan fingerprint density at radius 3 is 2.48 bits per heavy atom. The maximum atomic E-state index is 14.2. The van der Waals surface area contributed by atoms with Crippen LogP contribution in [0.1, 0.15) is 17.2 Å². The molecule has 0 aliphatic heterocycles. The van der Waals surface area contributed by atoms with Gasteiger partial charge in [-0.1, -0.05) is 11.6 Å². The summed E-state index contributed by atoms with van der Waals surface area (Å²) >= 11 is 8.97. The van der Waals surface area contributed by atoms with E-state index in [-0.39, 0.29) is 10.0 Å². The number of methoxy groups -OCH3 is 1. The molecule has 2 rings (SSSR count). The van der Waals surface area contributed by atoms with Crippen LogP contribution in [-0.2, 0) is 0 Å². The molecule has 0 fully saturated rings. The first-order valence-electron chi connectivity index (χ1n) is 6.13. The number of benzene rings is 2. The van der Waals surface area contributed by atoms with Crippen molar-refractivity contribution in [3.05, 3.63) is 62.6 Å². The van der Waals surface area contributed by atoms with Crippen LogP contribution in [0.3, 0.4) is 0 Å². The highest BCUT2D eigenvalue weighted by atomic mass is 79.9. The molecule has 1 N–H and O–H groups in total. The summed E-state index contributed by atoms with van der Waals surface area (Å²) in [4.78, 5) is 0. The van der Waals surface area contributed by atoms with Crippen LogP contribution in [0, 0.1) is 11.6 Å². The zero-order chi connectivity index (χ0) is 15.6.